The molecule has 0 aromatic heterocycles. The average molecular weight is 477 g/mol. The number of thiocarbonyl (C=S) groups is 1. The number of hydrogen-bond acceptors (Lipinski definition) is 6. The summed E-state index contributed by atoms with van der Waals surface area (Å²) in [6.07, 6.45) is 1.80. The molecule has 0 atom stereocenters. The van der Waals surface area contributed by atoms with E-state index in [1.165, 1.54) is 23.9 Å². The summed E-state index contributed by atoms with van der Waals surface area (Å²) in [4.78, 5) is 25.5. The number of thioether (sulfide) groups is 1. The van der Waals surface area contributed by atoms with Gasteiger partial charge in [-0.3, -0.25) is 19.8 Å². The molecular weight excluding hydrogens is 456 g/mol. The maximum atomic E-state index is 13.1. The van der Waals surface area contributed by atoms with Crippen molar-refractivity contribution in [3.05, 3.63) is 104 Å². The molecule has 166 valence electrons. The highest BCUT2D eigenvalue weighted by atomic mass is 32.2. The van der Waals surface area contributed by atoms with Crippen LogP contribution in [-0.2, 0) is 11.4 Å². The SMILES string of the molecule is Cc1ccc(N2C(=O)C(=Cc3cccc(OCc4ccc([N+](=O)[O-])cc4)c3)SC2=S)cc1C. The first-order valence-electron chi connectivity index (χ1n) is 10.1. The monoisotopic (exact) mass is 476 g/mol. The zero-order chi connectivity index (χ0) is 23.5. The molecule has 4 rings (SSSR count). The van der Waals surface area contributed by atoms with Crippen LogP contribution >= 0.6 is 24.0 Å². The third-order valence-corrected chi connectivity index (χ3v) is 6.55. The van der Waals surface area contributed by atoms with E-state index in [1.54, 1.807) is 23.1 Å². The number of carbonyl (C=O) groups excluding carboxylic acids is 1. The van der Waals surface area contributed by atoms with Gasteiger partial charge >= 0.3 is 0 Å². The standard InChI is InChI=1S/C25H20N2O4S2/c1-16-6-9-21(12-17(16)2)26-24(28)23(33-25(26)32)14-19-4-3-5-22(13-19)31-15-18-7-10-20(11-8-18)27(29)30/h3-14H,15H2,1-2H3. The third kappa shape index (κ3) is 5.13. The zero-order valence-electron chi connectivity index (χ0n) is 18.0. The van der Waals surface area contributed by atoms with Crippen LogP contribution in [-0.4, -0.2) is 15.2 Å². The summed E-state index contributed by atoms with van der Waals surface area (Å²) in [5.41, 5.74) is 4.70. The Morgan fingerprint density at radius 3 is 2.52 bits per heavy atom. The van der Waals surface area contributed by atoms with Gasteiger partial charge in [-0.05, 0) is 78.6 Å². The van der Waals surface area contributed by atoms with E-state index in [4.69, 9.17) is 17.0 Å². The summed E-state index contributed by atoms with van der Waals surface area (Å²) >= 11 is 6.75. The van der Waals surface area contributed by atoms with E-state index in [-0.39, 0.29) is 18.2 Å². The fourth-order valence-corrected chi connectivity index (χ4v) is 4.58. The molecule has 33 heavy (non-hydrogen) atoms. The lowest BCUT2D eigenvalue weighted by molar-refractivity contribution is -0.384. The Kier molecular flexibility index (Phi) is 6.57. The van der Waals surface area contributed by atoms with Crippen LogP contribution < -0.4 is 9.64 Å². The number of ether oxygens (including phenoxy) is 1. The molecular formula is C25H20N2O4S2. The first-order chi connectivity index (χ1) is 15.8. The van der Waals surface area contributed by atoms with Crippen molar-refractivity contribution in [3.8, 4) is 5.75 Å². The third-order valence-electron chi connectivity index (χ3n) is 5.25. The maximum absolute atomic E-state index is 13.1. The molecule has 1 amide bonds. The van der Waals surface area contributed by atoms with Gasteiger partial charge in [0.2, 0.25) is 0 Å². The molecule has 3 aromatic carbocycles. The number of carbonyl (C=O) groups is 1. The molecule has 1 fully saturated rings. The predicted octanol–water partition coefficient (Wildman–Crippen LogP) is 6.20. The minimum absolute atomic E-state index is 0.0406. The van der Waals surface area contributed by atoms with Crippen LogP contribution in [0.25, 0.3) is 6.08 Å². The molecule has 3 aromatic rings. The van der Waals surface area contributed by atoms with Gasteiger partial charge in [0.05, 0.1) is 15.5 Å². The highest BCUT2D eigenvalue weighted by Gasteiger charge is 2.33. The van der Waals surface area contributed by atoms with E-state index < -0.39 is 4.92 Å². The molecule has 1 saturated heterocycles. The van der Waals surface area contributed by atoms with Crippen LogP contribution in [0.15, 0.2) is 71.6 Å². The number of non-ortho nitro benzene ring substituents is 1. The zero-order valence-corrected chi connectivity index (χ0v) is 19.6. The number of rotatable bonds is 6. The molecule has 0 spiro atoms. The molecule has 0 N–H and O–H groups in total. The molecule has 1 aliphatic heterocycles. The summed E-state index contributed by atoms with van der Waals surface area (Å²) in [6.45, 7) is 4.31. The van der Waals surface area contributed by atoms with Gasteiger partial charge in [0.1, 0.15) is 12.4 Å². The van der Waals surface area contributed by atoms with Crippen molar-refractivity contribution >= 4 is 51.7 Å². The van der Waals surface area contributed by atoms with E-state index >= 15 is 0 Å². The largest absolute Gasteiger partial charge is 0.489 e. The van der Waals surface area contributed by atoms with Gasteiger partial charge in [-0.25, -0.2) is 0 Å². The van der Waals surface area contributed by atoms with E-state index in [9.17, 15) is 14.9 Å². The average Bonchev–Trinajstić information content (AvgIpc) is 3.07. The van der Waals surface area contributed by atoms with Crippen molar-refractivity contribution in [1.29, 1.82) is 0 Å². The number of aryl methyl sites for hydroxylation is 2. The second-order valence-electron chi connectivity index (χ2n) is 7.57. The number of amides is 1. The number of anilines is 1. The van der Waals surface area contributed by atoms with E-state index in [0.29, 0.717) is 15.0 Å². The van der Waals surface area contributed by atoms with Gasteiger partial charge in [0.25, 0.3) is 11.6 Å². The Labute approximate surface area is 201 Å². The minimum atomic E-state index is -0.434. The summed E-state index contributed by atoms with van der Waals surface area (Å²) in [5.74, 6) is 0.484. The van der Waals surface area contributed by atoms with Crippen molar-refractivity contribution in [2.75, 3.05) is 4.90 Å². The molecule has 1 heterocycles. The summed E-state index contributed by atoms with van der Waals surface area (Å²) < 4.78 is 6.33. The lowest BCUT2D eigenvalue weighted by Crippen LogP contribution is -2.27. The van der Waals surface area contributed by atoms with Gasteiger partial charge in [0.15, 0.2) is 4.32 Å². The summed E-state index contributed by atoms with van der Waals surface area (Å²) in [5, 5.41) is 10.8. The van der Waals surface area contributed by atoms with Gasteiger partial charge in [-0.15, -0.1) is 0 Å². The van der Waals surface area contributed by atoms with E-state index in [2.05, 4.69) is 0 Å². The van der Waals surface area contributed by atoms with Gasteiger partial charge in [-0.2, -0.15) is 0 Å². The first kappa shape index (κ1) is 22.7. The number of nitro groups is 1. The second kappa shape index (κ2) is 9.56. The van der Waals surface area contributed by atoms with Crippen LogP contribution in [0.4, 0.5) is 11.4 Å². The van der Waals surface area contributed by atoms with Crippen LogP contribution in [0.1, 0.15) is 22.3 Å². The Morgan fingerprint density at radius 2 is 1.82 bits per heavy atom. The predicted molar refractivity (Wildman–Crippen MR) is 135 cm³/mol. The van der Waals surface area contributed by atoms with Crippen molar-refractivity contribution in [1.82, 2.24) is 0 Å². The first-order valence-corrected chi connectivity index (χ1v) is 11.4. The molecule has 1 aliphatic rings. The van der Waals surface area contributed by atoms with Crippen molar-refractivity contribution in [2.24, 2.45) is 0 Å². The fraction of sp³-hybridized carbons (Fsp3) is 0.120. The van der Waals surface area contributed by atoms with Gasteiger partial charge < -0.3 is 4.74 Å². The lowest BCUT2D eigenvalue weighted by Gasteiger charge is -2.15. The molecule has 6 nitrogen and oxygen atoms in total. The smallest absolute Gasteiger partial charge is 0.270 e. The van der Waals surface area contributed by atoms with Crippen LogP contribution in [0.3, 0.4) is 0 Å². The Hall–Kier alpha value is -3.49. The molecule has 8 heteroatoms. The van der Waals surface area contributed by atoms with Crippen molar-refractivity contribution < 1.29 is 14.5 Å². The number of hydrogen-bond donors (Lipinski definition) is 0. The Morgan fingerprint density at radius 1 is 1.06 bits per heavy atom. The Balaban J connectivity index is 1.48. The maximum Gasteiger partial charge on any atom is 0.270 e. The molecule has 0 radical (unpaired) electrons. The number of benzene rings is 3. The van der Waals surface area contributed by atoms with E-state index in [1.807, 2.05) is 56.3 Å². The molecule has 0 unspecified atom stereocenters. The topological polar surface area (TPSA) is 72.7 Å². The Bertz CT molecular complexity index is 1290. The molecule has 0 aliphatic carbocycles. The fourth-order valence-electron chi connectivity index (χ4n) is 3.28. The van der Waals surface area contributed by atoms with Crippen LogP contribution in [0.2, 0.25) is 0 Å². The summed E-state index contributed by atoms with van der Waals surface area (Å²) in [7, 11) is 0. The number of nitro benzene ring substituents is 1. The van der Waals surface area contributed by atoms with Crippen molar-refractivity contribution in [3.63, 3.8) is 0 Å². The quantitative estimate of drug-likeness (QED) is 0.183. The highest BCUT2D eigenvalue weighted by molar-refractivity contribution is 8.27. The van der Waals surface area contributed by atoms with E-state index in [0.717, 1.165) is 27.9 Å². The van der Waals surface area contributed by atoms with Crippen LogP contribution in [0.5, 0.6) is 5.75 Å². The summed E-state index contributed by atoms with van der Waals surface area (Å²) in [6, 6.07) is 19.5. The van der Waals surface area contributed by atoms with Gasteiger partial charge in [-0.1, -0.05) is 42.2 Å². The molecule has 0 saturated carbocycles. The second-order valence-corrected chi connectivity index (χ2v) is 9.25. The van der Waals surface area contributed by atoms with Crippen LogP contribution in [0, 0.1) is 24.0 Å². The van der Waals surface area contributed by atoms with Crippen molar-refractivity contribution in [2.45, 2.75) is 20.5 Å². The molecule has 0 bridgehead atoms. The minimum Gasteiger partial charge on any atom is -0.489 e. The lowest BCUT2D eigenvalue weighted by atomic mass is 10.1. The van der Waals surface area contributed by atoms with Gasteiger partial charge in [0, 0.05) is 12.1 Å². The normalized spacial score (nSPS) is 14.7. The number of nitrogens with zero attached hydrogens (tertiary/aromatic N) is 2. The highest BCUT2D eigenvalue weighted by Crippen LogP contribution is 2.36.